The second-order valence-corrected chi connectivity index (χ2v) is 12.7. The molecule has 4 nitrogen and oxygen atoms in total. The van der Waals surface area contributed by atoms with Crippen LogP contribution in [0.3, 0.4) is 0 Å². The number of nitrogens with zero attached hydrogens (tertiary/aromatic N) is 2. The molecule has 50 heavy (non-hydrogen) atoms. The number of hydrogen-bond acceptors (Lipinski definition) is 3. The monoisotopic (exact) mass is 641 g/mol. The number of aliphatic imine (C=N–C) groups is 1. The van der Waals surface area contributed by atoms with Crippen LogP contribution in [-0.2, 0) is 0 Å². The molecule has 4 heteroatoms. The Kier molecular flexibility index (Phi) is 6.44. The lowest BCUT2D eigenvalue weighted by Gasteiger charge is -2.17. The second kappa shape index (κ2) is 11.3. The van der Waals surface area contributed by atoms with Gasteiger partial charge in [0, 0.05) is 38.1 Å². The van der Waals surface area contributed by atoms with Gasteiger partial charge in [-0.15, -0.1) is 0 Å². The molecule has 0 atom stereocenters. The summed E-state index contributed by atoms with van der Waals surface area (Å²) in [5.74, 6) is 0. The molecule has 0 aliphatic heterocycles. The molecule has 10 aromatic rings. The average molecular weight is 642 g/mol. The van der Waals surface area contributed by atoms with Crippen LogP contribution in [0.25, 0.3) is 82.1 Å². The van der Waals surface area contributed by atoms with Gasteiger partial charge in [0.05, 0.1) is 29.1 Å². The fraction of sp³-hybridized carbons (Fsp3) is 0.0217. The van der Waals surface area contributed by atoms with Crippen molar-refractivity contribution in [1.82, 2.24) is 4.57 Å². The molecule has 8 aromatic carbocycles. The van der Waals surface area contributed by atoms with Gasteiger partial charge in [0.15, 0.2) is 5.58 Å². The van der Waals surface area contributed by atoms with Crippen LogP contribution in [0.15, 0.2) is 173 Å². The number of fused-ring (bicyclic) bond motifs is 12. The third-order valence-electron chi connectivity index (χ3n) is 10.0. The first-order valence-corrected chi connectivity index (χ1v) is 17.0. The van der Waals surface area contributed by atoms with Crippen LogP contribution in [-0.4, -0.2) is 16.9 Å². The summed E-state index contributed by atoms with van der Waals surface area (Å²) in [4.78, 5) is 4.96. The highest BCUT2D eigenvalue weighted by Crippen LogP contribution is 2.47. The van der Waals surface area contributed by atoms with Crippen molar-refractivity contribution in [3.05, 3.63) is 175 Å². The third kappa shape index (κ3) is 4.19. The Morgan fingerprint density at radius 2 is 1.16 bits per heavy atom. The summed E-state index contributed by atoms with van der Waals surface area (Å²) >= 11 is 0. The molecule has 0 fully saturated rings. The normalized spacial score (nSPS) is 12.3. The van der Waals surface area contributed by atoms with Crippen molar-refractivity contribution in [3.63, 3.8) is 0 Å². The number of benzene rings is 8. The van der Waals surface area contributed by atoms with E-state index in [1.165, 1.54) is 37.9 Å². The first kappa shape index (κ1) is 28.5. The van der Waals surface area contributed by atoms with E-state index < -0.39 is 0 Å². The molecule has 0 aliphatic rings. The summed E-state index contributed by atoms with van der Waals surface area (Å²) in [6.45, 7) is 0.165. The molecule has 2 N–H and O–H groups in total. The van der Waals surface area contributed by atoms with Crippen molar-refractivity contribution < 1.29 is 4.42 Å². The lowest BCUT2D eigenvalue weighted by atomic mass is 9.97. The predicted molar refractivity (Wildman–Crippen MR) is 210 cm³/mol. The van der Waals surface area contributed by atoms with Gasteiger partial charge in [0.25, 0.3) is 0 Å². The third-order valence-corrected chi connectivity index (χ3v) is 10.0. The van der Waals surface area contributed by atoms with Crippen molar-refractivity contribution in [2.75, 3.05) is 6.67 Å². The molecule has 0 radical (unpaired) electrons. The molecule has 0 bridgehead atoms. The van der Waals surface area contributed by atoms with Crippen molar-refractivity contribution in [2.24, 2.45) is 10.7 Å². The van der Waals surface area contributed by atoms with E-state index in [1.54, 1.807) is 0 Å². The van der Waals surface area contributed by atoms with Gasteiger partial charge in [-0.2, -0.15) is 0 Å². The van der Waals surface area contributed by atoms with E-state index >= 15 is 0 Å². The van der Waals surface area contributed by atoms with Gasteiger partial charge < -0.3 is 14.7 Å². The van der Waals surface area contributed by atoms with Crippen LogP contribution in [0, 0.1) is 0 Å². The van der Waals surface area contributed by atoms with E-state index in [4.69, 9.17) is 15.1 Å². The standard InChI is InChI=1S/C46H31N3O/c47-28-48-43(32-24-22-30(23-25-32)29-12-2-1-3-13-29)36-18-8-10-20-39(36)49-44-33-15-5-4-14-31(33)26-27-38(44)41-34-16-6-7-17-35(34)42-37-19-9-11-21-40(37)50-46(42)45(41)49/h1-27H,28,47H2/b48-43-. The predicted octanol–water partition coefficient (Wildman–Crippen LogP) is 11.4. The zero-order valence-corrected chi connectivity index (χ0v) is 27.2. The minimum absolute atomic E-state index is 0.165. The maximum Gasteiger partial charge on any atom is 0.160 e. The number of hydrogen-bond donors (Lipinski definition) is 1. The number of furan rings is 1. The van der Waals surface area contributed by atoms with Crippen LogP contribution in [0.2, 0.25) is 0 Å². The summed E-state index contributed by atoms with van der Waals surface area (Å²) in [5, 5.41) is 9.33. The van der Waals surface area contributed by atoms with Gasteiger partial charge in [0.2, 0.25) is 0 Å². The van der Waals surface area contributed by atoms with Crippen molar-refractivity contribution in [1.29, 1.82) is 0 Å². The lowest BCUT2D eigenvalue weighted by molar-refractivity contribution is 0.671. The summed E-state index contributed by atoms with van der Waals surface area (Å²) < 4.78 is 9.31. The molecule has 0 unspecified atom stereocenters. The molecular formula is C46H31N3O. The molecule has 236 valence electrons. The molecule has 2 aromatic heterocycles. The number of para-hydroxylation sites is 2. The van der Waals surface area contributed by atoms with Crippen LogP contribution >= 0.6 is 0 Å². The van der Waals surface area contributed by atoms with E-state index in [0.717, 1.165) is 61.1 Å². The van der Waals surface area contributed by atoms with Gasteiger partial charge in [-0.05, 0) is 39.4 Å². The molecule has 0 saturated carbocycles. The maximum atomic E-state index is 6.89. The first-order chi connectivity index (χ1) is 24.8. The fourth-order valence-electron chi connectivity index (χ4n) is 7.92. The van der Waals surface area contributed by atoms with Gasteiger partial charge in [-0.3, -0.25) is 4.99 Å². The number of rotatable bonds is 5. The summed E-state index contributed by atoms with van der Waals surface area (Å²) in [6, 6.07) is 57.9. The highest BCUT2D eigenvalue weighted by molar-refractivity contribution is 6.36. The van der Waals surface area contributed by atoms with Gasteiger partial charge in [0.1, 0.15) is 5.58 Å². The first-order valence-electron chi connectivity index (χ1n) is 17.0. The highest BCUT2D eigenvalue weighted by atomic mass is 16.3. The number of nitrogens with two attached hydrogens (primary N) is 1. The molecular weight excluding hydrogens is 611 g/mol. The van der Waals surface area contributed by atoms with Gasteiger partial charge >= 0.3 is 0 Å². The van der Waals surface area contributed by atoms with E-state index in [2.05, 4.69) is 156 Å². The fourth-order valence-corrected chi connectivity index (χ4v) is 7.92. The molecule has 0 spiro atoms. The quantitative estimate of drug-likeness (QED) is 0.190. The second-order valence-electron chi connectivity index (χ2n) is 12.7. The maximum absolute atomic E-state index is 6.89. The van der Waals surface area contributed by atoms with Crippen LogP contribution in [0.1, 0.15) is 11.1 Å². The topological polar surface area (TPSA) is 56.4 Å². The highest BCUT2D eigenvalue weighted by Gasteiger charge is 2.25. The van der Waals surface area contributed by atoms with Crippen molar-refractivity contribution in [2.45, 2.75) is 0 Å². The molecule has 0 aliphatic carbocycles. The van der Waals surface area contributed by atoms with E-state index in [-0.39, 0.29) is 6.67 Å². The van der Waals surface area contributed by atoms with Crippen LogP contribution in [0.4, 0.5) is 0 Å². The minimum Gasteiger partial charge on any atom is -0.454 e. The zero-order valence-electron chi connectivity index (χ0n) is 27.2. The largest absolute Gasteiger partial charge is 0.454 e. The Labute approximate surface area is 288 Å². The smallest absolute Gasteiger partial charge is 0.160 e. The van der Waals surface area contributed by atoms with Crippen molar-refractivity contribution in [3.8, 4) is 16.8 Å². The summed E-state index contributed by atoms with van der Waals surface area (Å²) in [5.41, 5.74) is 16.3. The van der Waals surface area contributed by atoms with Crippen LogP contribution < -0.4 is 5.73 Å². The molecule has 10 rings (SSSR count). The Morgan fingerprint density at radius 1 is 0.520 bits per heavy atom. The van der Waals surface area contributed by atoms with Crippen molar-refractivity contribution >= 4 is 71.0 Å². The van der Waals surface area contributed by atoms with E-state index in [1.807, 2.05) is 12.1 Å². The SMILES string of the molecule is NC/N=C(/c1ccc(-c2ccccc2)cc1)c1ccccc1-n1c2c3ccccc3ccc2c2c3ccccc3c3c4ccccc4oc3c21. The number of aromatic nitrogens is 1. The average Bonchev–Trinajstić information content (AvgIpc) is 3.75. The summed E-state index contributed by atoms with van der Waals surface area (Å²) in [6.07, 6.45) is 0. The van der Waals surface area contributed by atoms with Gasteiger partial charge in [-0.25, -0.2) is 0 Å². The van der Waals surface area contributed by atoms with E-state index in [0.29, 0.717) is 0 Å². The van der Waals surface area contributed by atoms with Gasteiger partial charge in [-0.1, -0.05) is 152 Å². The molecule has 0 amide bonds. The van der Waals surface area contributed by atoms with Crippen LogP contribution in [0.5, 0.6) is 0 Å². The Balaban J connectivity index is 1.35. The Morgan fingerprint density at radius 3 is 1.96 bits per heavy atom. The minimum atomic E-state index is 0.165. The molecule has 0 saturated heterocycles. The molecule has 2 heterocycles. The Hall–Kier alpha value is -6.49. The Bertz CT molecular complexity index is 2950. The summed E-state index contributed by atoms with van der Waals surface area (Å²) in [7, 11) is 0. The van der Waals surface area contributed by atoms with E-state index in [9.17, 15) is 0 Å². The zero-order chi connectivity index (χ0) is 33.2. The lowest BCUT2D eigenvalue weighted by Crippen LogP contribution is -2.11.